The third-order valence-corrected chi connectivity index (χ3v) is 3.02. The Balaban J connectivity index is 3.60. The van der Waals surface area contributed by atoms with Crippen molar-refractivity contribution in [3.63, 3.8) is 0 Å². The van der Waals surface area contributed by atoms with Crippen LogP contribution >= 0.6 is 0 Å². The highest BCUT2D eigenvalue weighted by Crippen LogP contribution is 2.22. The second-order valence-electron chi connectivity index (χ2n) is 7.17. The molecule has 3 nitrogen and oxygen atoms in total. The van der Waals surface area contributed by atoms with Crippen LogP contribution in [0.1, 0.15) is 86.5 Å². The summed E-state index contributed by atoms with van der Waals surface area (Å²) in [6.07, 6.45) is 6.66. The lowest BCUT2D eigenvalue weighted by molar-refractivity contribution is -0.326. The van der Waals surface area contributed by atoms with E-state index in [-0.39, 0.29) is 11.6 Å². The first-order chi connectivity index (χ1) is 8.66. The molecule has 19 heavy (non-hydrogen) atoms. The summed E-state index contributed by atoms with van der Waals surface area (Å²) in [6, 6.07) is 0. The van der Waals surface area contributed by atoms with Crippen molar-refractivity contribution in [3.05, 3.63) is 0 Å². The normalized spacial score (nSPS) is 12.5. The molecule has 3 heteroatoms. The topological polar surface area (TPSA) is 35.5 Å². The Hall–Kier alpha value is -0.570. The molecule has 0 saturated carbocycles. The summed E-state index contributed by atoms with van der Waals surface area (Å²) in [5.41, 5.74) is 0.00441. The van der Waals surface area contributed by atoms with Gasteiger partial charge in [-0.3, -0.25) is 4.89 Å². The minimum Gasteiger partial charge on any atom is -0.298 e. The highest BCUT2D eigenvalue weighted by atomic mass is 17.2. The number of hydrogen-bond donors (Lipinski definition) is 0. The van der Waals surface area contributed by atoms with Crippen LogP contribution in [0.25, 0.3) is 0 Å². The van der Waals surface area contributed by atoms with E-state index in [1.807, 2.05) is 13.8 Å². The molecule has 0 heterocycles. The first-order valence-corrected chi connectivity index (χ1v) is 7.55. The standard InChI is InChI=1S/C16H32O3/c1-7-12-16(5,6)19-18-14(17)11-9-8-10-13-15(2,3)4/h7-13H2,1-6H3. The zero-order valence-corrected chi connectivity index (χ0v) is 13.7. The maximum atomic E-state index is 11.5. The van der Waals surface area contributed by atoms with Gasteiger partial charge in [-0.2, -0.15) is 4.89 Å². The van der Waals surface area contributed by atoms with Crippen LogP contribution in [0.15, 0.2) is 0 Å². The molecular formula is C16H32O3. The summed E-state index contributed by atoms with van der Waals surface area (Å²) < 4.78 is 0. The second-order valence-corrected chi connectivity index (χ2v) is 7.17. The SMILES string of the molecule is CCCC(C)(C)OOC(=O)CCCCCC(C)(C)C. The molecule has 0 N–H and O–H groups in total. The number of carbonyl (C=O) groups is 1. The van der Waals surface area contributed by atoms with Crippen molar-refractivity contribution in [3.8, 4) is 0 Å². The zero-order chi connectivity index (χ0) is 14.9. The summed E-state index contributed by atoms with van der Waals surface area (Å²) in [4.78, 5) is 21.6. The number of rotatable bonds is 9. The van der Waals surface area contributed by atoms with Gasteiger partial charge in [0.1, 0.15) is 5.60 Å². The Morgan fingerprint density at radius 2 is 1.58 bits per heavy atom. The smallest absolute Gasteiger partial charge is 0.298 e. The van der Waals surface area contributed by atoms with E-state index in [0.29, 0.717) is 11.8 Å². The molecule has 0 fully saturated rings. The molecule has 0 unspecified atom stereocenters. The number of unbranched alkanes of at least 4 members (excludes halogenated alkanes) is 2. The van der Waals surface area contributed by atoms with Crippen LogP contribution in [0, 0.1) is 5.41 Å². The van der Waals surface area contributed by atoms with E-state index in [9.17, 15) is 4.79 Å². The van der Waals surface area contributed by atoms with Crippen molar-refractivity contribution in [2.24, 2.45) is 5.41 Å². The number of hydrogen-bond acceptors (Lipinski definition) is 3. The van der Waals surface area contributed by atoms with Crippen molar-refractivity contribution >= 4 is 5.97 Å². The molecule has 0 aromatic carbocycles. The van der Waals surface area contributed by atoms with Gasteiger partial charge in [0, 0.05) is 6.42 Å². The van der Waals surface area contributed by atoms with Gasteiger partial charge in [0.2, 0.25) is 0 Å². The monoisotopic (exact) mass is 272 g/mol. The summed E-state index contributed by atoms with van der Waals surface area (Å²) >= 11 is 0. The van der Waals surface area contributed by atoms with E-state index in [1.54, 1.807) is 0 Å². The summed E-state index contributed by atoms with van der Waals surface area (Å²) in [5, 5.41) is 0. The highest BCUT2D eigenvalue weighted by molar-refractivity contribution is 5.68. The molecule has 0 amide bonds. The largest absolute Gasteiger partial charge is 0.342 e. The van der Waals surface area contributed by atoms with Crippen LogP contribution in [0.2, 0.25) is 0 Å². The summed E-state index contributed by atoms with van der Waals surface area (Å²) in [6.45, 7) is 12.7. The van der Waals surface area contributed by atoms with Crippen molar-refractivity contribution in [2.75, 3.05) is 0 Å². The van der Waals surface area contributed by atoms with Gasteiger partial charge in [-0.1, -0.05) is 47.0 Å². The summed E-state index contributed by atoms with van der Waals surface area (Å²) in [7, 11) is 0. The first kappa shape index (κ1) is 18.4. The van der Waals surface area contributed by atoms with Crippen molar-refractivity contribution in [2.45, 2.75) is 92.1 Å². The van der Waals surface area contributed by atoms with Gasteiger partial charge in [0.05, 0.1) is 0 Å². The highest BCUT2D eigenvalue weighted by Gasteiger charge is 2.20. The van der Waals surface area contributed by atoms with Gasteiger partial charge in [0.25, 0.3) is 0 Å². The quantitative estimate of drug-likeness (QED) is 0.335. The van der Waals surface area contributed by atoms with Crippen LogP contribution in [-0.2, 0) is 14.6 Å². The van der Waals surface area contributed by atoms with Crippen LogP contribution in [0.5, 0.6) is 0 Å². The maximum absolute atomic E-state index is 11.5. The predicted octanol–water partition coefficient (Wildman–Crippen LogP) is 5.04. The second kappa shape index (κ2) is 8.57. The molecule has 0 aliphatic carbocycles. The van der Waals surface area contributed by atoms with Crippen LogP contribution < -0.4 is 0 Å². The average molecular weight is 272 g/mol. The van der Waals surface area contributed by atoms with E-state index in [0.717, 1.165) is 25.7 Å². The maximum Gasteiger partial charge on any atom is 0.342 e. The van der Waals surface area contributed by atoms with E-state index >= 15 is 0 Å². The Bertz CT molecular complexity index is 251. The van der Waals surface area contributed by atoms with E-state index in [1.165, 1.54) is 12.8 Å². The van der Waals surface area contributed by atoms with Gasteiger partial charge in [0.15, 0.2) is 0 Å². The molecule has 0 aromatic rings. The minimum absolute atomic E-state index is 0.250. The van der Waals surface area contributed by atoms with Gasteiger partial charge in [-0.05, 0) is 38.5 Å². The molecule has 0 aromatic heterocycles. The molecule has 0 aliphatic heterocycles. The average Bonchev–Trinajstić information content (AvgIpc) is 2.24. The predicted molar refractivity (Wildman–Crippen MR) is 78.7 cm³/mol. The van der Waals surface area contributed by atoms with E-state index in [2.05, 4.69) is 27.7 Å². The molecule has 0 rings (SSSR count). The van der Waals surface area contributed by atoms with Gasteiger partial charge in [-0.25, -0.2) is 4.79 Å². The molecule has 0 bridgehead atoms. The van der Waals surface area contributed by atoms with E-state index < -0.39 is 0 Å². The molecular weight excluding hydrogens is 240 g/mol. The lowest BCUT2D eigenvalue weighted by atomic mass is 9.89. The molecule has 0 aliphatic rings. The zero-order valence-electron chi connectivity index (χ0n) is 13.7. The fraction of sp³-hybridized carbons (Fsp3) is 0.938. The van der Waals surface area contributed by atoms with Crippen LogP contribution in [0.4, 0.5) is 0 Å². The van der Waals surface area contributed by atoms with Gasteiger partial charge < -0.3 is 0 Å². The van der Waals surface area contributed by atoms with Gasteiger partial charge in [-0.15, -0.1) is 0 Å². The fourth-order valence-electron chi connectivity index (χ4n) is 1.95. The fourth-order valence-corrected chi connectivity index (χ4v) is 1.95. The first-order valence-electron chi connectivity index (χ1n) is 7.55. The van der Waals surface area contributed by atoms with Crippen molar-refractivity contribution in [1.29, 1.82) is 0 Å². The van der Waals surface area contributed by atoms with Crippen molar-refractivity contribution < 1.29 is 14.6 Å². The Labute approximate surface area is 119 Å². The lowest BCUT2D eigenvalue weighted by Crippen LogP contribution is -2.25. The molecule has 0 atom stereocenters. The molecule has 114 valence electrons. The third kappa shape index (κ3) is 12.2. The summed E-state index contributed by atoms with van der Waals surface area (Å²) in [5.74, 6) is -0.250. The Morgan fingerprint density at radius 3 is 2.11 bits per heavy atom. The molecule has 0 radical (unpaired) electrons. The van der Waals surface area contributed by atoms with Crippen LogP contribution in [-0.4, -0.2) is 11.6 Å². The molecule has 0 spiro atoms. The van der Waals surface area contributed by atoms with Gasteiger partial charge >= 0.3 is 5.97 Å². The van der Waals surface area contributed by atoms with Crippen LogP contribution in [0.3, 0.4) is 0 Å². The third-order valence-electron chi connectivity index (χ3n) is 3.02. The molecule has 0 saturated heterocycles. The minimum atomic E-state index is -0.378. The van der Waals surface area contributed by atoms with E-state index in [4.69, 9.17) is 9.78 Å². The lowest BCUT2D eigenvalue weighted by Gasteiger charge is -2.21. The van der Waals surface area contributed by atoms with Crippen molar-refractivity contribution in [1.82, 2.24) is 0 Å². The number of carbonyl (C=O) groups excluding carboxylic acids is 1. The Kier molecular flexibility index (Phi) is 8.31. The Morgan fingerprint density at radius 1 is 0.947 bits per heavy atom.